The van der Waals surface area contributed by atoms with Gasteiger partial charge in [0.1, 0.15) is 4.47 Å². The average molecular weight is 343 g/mol. The minimum Gasteiger partial charge on any atom is -0.366 e. The fraction of sp³-hybridized carbons (Fsp3) is 0.714. The van der Waals surface area contributed by atoms with Gasteiger partial charge < -0.3 is 10.6 Å². The van der Waals surface area contributed by atoms with Gasteiger partial charge in [-0.25, -0.2) is 4.68 Å². The van der Waals surface area contributed by atoms with Gasteiger partial charge in [0, 0.05) is 19.1 Å². The molecule has 0 amide bonds. The molecule has 1 aromatic heterocycles. The second kappa shape index (κ2) is 6.72. The van der Waals surface area contributed by atoms with Crippen molar-refractivity contribution in [2.75, 3.05) is 18.0 Å². The molecule has 0 aliphatic heterocycles. The monoisotopic (exact) mass is 342 g/mol. The highest BCUT2D eigenvalue weighted by molar-refractivity contribution is 9.10. The number of anilines is 1. The van der Waals surface area contributed by atoms with Crippen LogP contribution in [-0.2, 0) is 6.54 Å². The average Bonchev–Trinajstić information content (AvgIpc) is 2.93. The molecule has 2 atom stereocenters. The molecule has 0 saturated heterocycles. The molecule has 6 heteroatoms. The van der Waals surface area contributed by atoms with Crippen molar-refractivity contribution in [2.45, 2.75) is 45.7 Å². The Hall–Kier alpha value is -0.880. The van der Waals surface area contributed by atoms with Crippen molar-refractivity contribution in [1.29, 1.82) is 0 Å². The number of aromatic nitrogens is 2. The fourth-order valence-electron chi connectivity index (χ4n) is 3.17. The topological polar surface area (TPSA) is 64.2 Å². The quantitative estimate of drug-likeness (QED) is 0.888. The number of hydrogen-bond acceptors (Lipinski definition) is 4. The Morgan fingerprint density at radius 2 is 2.25 bits per heavy atom. The number of hydrogen-bond donors (Lipinski definition) is 1. The van der Waals surface area contributed by atoms with Crippen LogP contribution in [0.4, 0.5) is 5.69 Å². The lowest BCUT2D eigenvalue weighted by molar-refractivity contribution is 0.460. The summed E-state index contributed by atoms with van der Waals surface area (Å²) in [6, 6.07) is 0.417. The zero-order chi connectivity index (χ0) is 14.7. The van der Waals surface area contributed by atoms with Crippen LogP contribution in [0.5, 0.6) is 0 Å². The van der Waals surface area contributed by atoms with Gasteiger partial charge in [0.15, 0.2) is 0 Å². The van der Waals surface area contributed by atoms with E-state index in [0.717, 1.165) is 18.7 Å². The molecule has 2 unspecified atom stereocenters. The van der Waals surface area contributed by atoms with Crippen LogP contribution >= 0.6 is 15.9 Å². The molecule has 0 aromatic carbocycles. The molecule has 0 bridgehead atoms. The number of nitrogens with two attached hydrogens (primary N) is 1. The standard InChI is InChI=1S/C14H23BrN4O/c1-3-18(11-7-5-6-10(11)8-16)12-9-17-19(4-2)14(20)13(12)15/h9-11H,3-8,16H2,1-2H3. The largest absolute Gasteiger partial charge is 0.366 e. The van der Waals surface area contributed by atoms with Gasteiger partial charge in [-0.2, -0.15) is 5.10 Å². The maximum Gasteiger partial charge on any atom is 0.283 e. The first-order chi connectivity index (χ1) is 9.63. The summed E-state index contributed by atoms with van der Waals surface area (Å²) in [6.45, 7) is 6.18. The number of rotatable bonds is 5. The van der Waals surface area contributed by atoms with Crippen molar-refractivity contribution in [3.05, 3.63) is 21.0 Å². The summed E-state index contributed by atoms with van der Waals surface area (Å²) in [7, 11) is 0. The summed E-state index contributed by atoms with van der Waals surface area (Å²) in [5.74, 6) is 0.510. The third kappa shape index (κ3) is 2.76. The van der Waals surface area contributed by atoms with Crippen LogP contribution < -0.4 is 16.2 Å². The van der Waals surface area contributed by atoms with Gasteiger partial charge in [0.25, 0.3) is 5.56 Å². The molecule has 5 nitrogen and oxygen atoms in total. The van der Waals surface area contributed by atoms with Crippen molar-refractivity contribution in [3.8, 4) is 0 Å². The summed E-state index contributed by atoms with van der Waals surface area (Å²) in [6.07, 6.45) is 5.32. The minimum atomic E-state index is -0.0641. The first-order valence-corrected chi connectivity index (χ1v) is 8.15. The maximum absolute atomic E-state index is 12.2. The van der Waals surface area contributed by atoms with Crippen molar-refractivity contribution in [3.63, 3.8) is 0 Å². The Labute approximate surface area is 128 Å². The van der Waals surface area contributed by atoms with Crippen LogP contribution in [0, 0.1) is 5.92 Å². The van der Waals surface area contributed by atoms with E-state index in [4.69, 9.17) is 5.73 Å². The van der Waals surface area contributed by atoms with Crippen molar-refractivity contribution >= 4 is 21.6 Å². The van der Waals surface area contributed by atoms with Crippen LogP contribution in [-0.4, -0.2) is 28.9 Å². The van der Waals surface area contributed by atoms with Gasteiger partial charge in [-0.3, -0.25) is 4.79 Å². The summed E-state index contributed by atoms with van der Waals surface area (Å²) >= 11 is 3.46. The van der Waals surface area contributed by atoms with Crippen molar-refractivity contribution < 1.29 is 0 Å². The molecule has 1 aliphatic rings. The first-order valence-electron chi connectivity index (χ1n) is 7.36. The molecule has 0 radical (unpaired) electrons. The van der Waals surface area contributed by atoms with E-state index in [9.17, 15) is 4.79 Å². The second-order valence-electron chi connectivity index (χ2n) is 5.24. The van der Waals surface area contributed by atoms with Gasteiger partial charge in [-0.1, -0.05) is 6.42 Å². The highest BCUT2D eigenvalue weighted by Gasteiger charge is 2.32. The van der Waals surface area contributed by atoms with E-state index in [-0.39, 0.29) is 5.56 Å². The molecular formula is C14H23BrN4O. The second-order valence-corrected chi connectivity index (χ2v) is 6.04. The Balaban J connectivity index is 2.37. The summed E-state index contributed by atoms with van der Waals surface area (Å²) in [4.78, 5) is 14.5. The van der Waals surface area contributed by atoms with Crippen LogP contribution in [0.1, 0.15) is 33.1 Å². The Kier molecular flexibility index (Phi) is 5.21. The predicted molar refractivity (Wildman–Crippen MR) is 85.1 cm³/mol. The third-order valence-electron chi connectivity index (χ3n) is 4.24. The summed E-state index contributed by atoms with van der Waals surface area (Å²) in [5, 5.41) is 4.25. The zero-order valence-corrected chi connectivity index (χ0v) is 13.8. The molecule has 1 fully saturated rings. The van der Waals surface area contributed by atoms with Crippen molar-refractivity contribution in [1.82, 2.24) is 9.78 Å². The molecule has 1 aromatic rings. The minimum absolute atomic E-state index is 0.0641. The van der Waals surface area contributed by atoms with Crippen molar-refractivity contribution in [2.24, 2.45) is 11.7 Å². The molecule has 1 heterocycles. The number of nitrogens with zero attached hydrogens (tertiary/aromatic N) is 3. The molecule has 2 N–H and O–H groups in total. The van der Waals surface area contributed by atoms with E-state index in [0.29, 0.717) is 29.5 Å². The lowest BCUT2D eigenvalue weighted by atomic mass is 10.0. The van der Waals surface area contributed by atoms with Gasteiger partial charge >= 0.3 is 0 Å². The van der Waals surface area contributed by atoms with Crippen LogP contribution in [0.25, 0.3) is 0 Å². The SMILES string of the molecule is CCN(c1cnn(CC)c(=O)c1Br)C1CCCC1CN. The Bertz CT molecular complexity index is 516. The lowest BCUT2D eigenvalue weighted by Gasteiger charge is -2.34. The van der Waals surface area contributed by atoms with Gasteiger partial charge in [0.2, 0.25) is 0 Å². The van der Waals surface area contributed by atoms with E-state index in [1.807, 2.05) is 6.92 Å². The predicted octanol–water partition coefficient (Wildman–Crippen LogP) is 1.98. The van der Waals surface area contributed by atoms with Crippen LogP contribution in [0.2, 0.25) is 0 Å². The van der Waals surface area contributed by atoms with Crippen LogP contribution in [0.15, 0.2) is 15.5 Å². The lowest BCUT2D eigenvalue weighted by Crippen LogP contribution is -2.41. The summed E-state index contributed by atoms with van der Waals surface area (Å²) in [5.41, 5.74) is 6.72. The van der Waals surface area contributed by atoms with E-state index in [2.05, 4.69) is 32.9 Å². The molecule has 0 spiro atoms. The Morgan fingerprint density at radius 1 is 1.50 bits per heavy atom. The highest BCUT2D eigenvalue weighted by Crippen LogP contribution is 2.34. The molecule has 112 valence electrons. The number of halogens is 1. The van der Waals surface area contributed by atoms with Gasteiger partial charge in [0.05, 0.1) is 11.9 Å². The first kappa shape index (κ1) is 15.5. The molecule has 1 saturated carbocycles. The summed E-state index contributed by atoms with van der Waals surface area (Å²) < 4.78 is 2.08. The van der Waals surface area contributed by atoms with Gasteiger partial charge in [-0.05, 0) is 55.1 Å². The molecule has 20 heavy (non-hydrogen) atoms. The highest BCUT2D eigenvalue weighted by atomic mass is 79.9. The van der Waals surface area contributed by atoms with E-state index in [1.165, 1.54) is 17.5 Å². The van der Waals surface area contributed by atoms with Gasteiger partial charge in [-0.15, -0.1) is 0 Å². The van der Waals surface area contributed by atoms with E-state index in [1.54, 1.807) is 6.20 Å². The smallest absolute Gasteiger partial charge is 0.283 e. The zero-order valence-electron chi connectivity index (χ0n) is 12.2. The van der Waals surface area contributed by atoms with E-state index < -0.39 is 0 Å². The third-order valence-corrected chi connectivity index (χ3v) is 4.98. The molecule has 2 rings (SSSR count). The fourth-order valence-corrected chi connectivity index (χ4v) is 3.70. The maximum atomic E-state index is 12.2. The van der Waals surface area contributed by atoms with E-state index >= 15 is 0 Å². The number of aryl methyl sites for hydroxylation is 1. The normalized spacial score (nSPS) is 22.2. The van der Waals surface area contributed by atoms with Crippen LogP contribution in [0.3, 0.4) is 0 Å². The molecule has 1 aliphatic carbocycles. The molecular weight excluding hydrogens is 320 g/mol. The Morgan fingerprint density at radius 3 is 2.85 bits per heavy atom.